The monoisotopic (exact) mass is 529 g/mol. The minimum absolute atomic E-state index is 0.0180. The van der Waals surface area contributed by atoms with Gasteiger partial charge in [0.05, 0.1) is 13.5 Å². The summed E-state index contributed by atoms with van der Waals surface area (Å²) < 4.78 is 16.0. The van der Waals surface area contributed by atoms with Crippen LogP contribution in [0.4, 0.5) is 0 Å². The summed E-state index contributed by atoms with van der Waals surface area (Å²) in [5.41, 5.74) is 0.493. The molecule has 38 heavy (non-hydrogen) atoms. The van der Waals surface area contributed by atoms with Gasteiger partial charge in [-0.1, -0.05) is 26.8 Å². The van der Waals surface area contributed by atoms with E-state index in [-0.39, 0.29) is 36.1 Å². The molecule has 3 fully saturated rings. The number of carbonyl (C=O) groups is 4. The quantitative estimate of drug-likeness (QED) is 0.496. The molecule has 3 amide bonds. The molecule has 1 saturated carbocycles. The van der Waals surface area contributed by atoms with Crippen LogP contribution in [0, 0.1) is 18.3 Å². The molecule has 1 aliphatic carbocycles. The van der Waals surface area contributed by atoms with Crippen LogP contribution in [0.25, 0.3) is 0 Å². The Bertz CT molecular complexity index is 1100. The van der Waals surface area contributed by atoms with Gasteiger partial charge in [0, 0.05) is 23.8 Å². The number of likely N-dealkylation sites (tertiary alicyclic amines) is 1. The molecule has 6 atom stereocenters. The lowest BCUT2D eigenvalue weighted by molar-refractivity contribution is -0.165. The second-order valence-electron chi connectivity index (χ2n) is 11.5. The van der Waals surface area contributed by atoms with Crippen LogP contribution < -0.4 is 15.4 Å². The second kappa shape index (κ2) is 10.9. The van der Waals surface area contributed by atoms with Crippen LogP contribution in [0.5, 0.6) is 5.75 Å². The summed E-state index contributed by atoms with van der Waals surface area (Å²) in [7, 11) is 1.54. The Morgan fingerprint density at radius 3 is 2.61 bits per heavy atom. The molecule has 2 N–H and O–H groups in total. The van der Waals surface area contributed by atoms with Crippen molar-refractivity contribution in [3.8, 4) is 5.75 Å². The van der Waals surface area contributed by atoms with Gasteiger partial charge in [0.1, 0.15) is 23.9 Å². The Kier molecular flexibility index (Phi) is 8.01. The first-order valence-corrected chi connectivity index (χ1v) is 13.3. The SMILES string of the molecule is CCO[C@H]1OC(=O)CC1NC(=O)[C@@H]1[C@H]2CC[C@@H](C2)N1C(=O)[C@@H](NC(=O)c1cccc(OC)c1C)C(C)(C)C. The molecule has 0 aromatic heterocycles. The van der Waals surface area contributed by atoms with Crippen molar-refractivity contribution in [3.63, 3.8) is 0 Å². The zero-order chi connectivity index (χ0) is 27.8. The summed E-state index contributed by atoms with van der Waals surface area (Å²) in [6, 6.07) is 2.99. The van der Waals surface area contributed by atoms with Gasteiger partial charge >= 0.3 is 5.97 Å². The minimum Gasteiger partial charge on any atom is -0.496 e. The zero-order valence-corrected chi connectivity index (χ0v) is 23.0. The Morgan fingerprint density at radius 2 is 1.95 bits per heavy atom. The van der Waals surface area contributed by atoms with Gasteiger partial charge in [0.15, 0.2) is 0 Å². The predicted molar refractivity (Wildman–Crippen MR) is 138 cm³/mol. The Labute approximate surface area is 223 Å². The number of fused-ring (bicyclic) bond motifs is 2. The summed E-state index contributed by atoms with van der Waals surface area (Å²) in [6.45, 7) is 9.61. The van der Waals surface area contributed by atoms with Crippen LogP contribution in [0.15, 0.2) is 18.2 Å². The summed E-state index contributed by atoms with van der Waals surface area (Å²) in [5, 5.41) is 5.88. The number of ether oxygens (including phenoxy) is 3. The average Bonchev–Trinajstić information content (AvgIpc) is 3.56. The lowest BCUT2D eigenvalue weighted by Crippen LogP contribution is -2.62. The van der Waals surface area contributed by atoms with E-state index in [0.717, 1.165) is 19.3 Å². The van der Waals surface area contributed by atoms with Gasteiger partial charge in [-0.15, -0.1) is 0 Å². The van der Waals surface area contributed by atoms with Crippen LogP contribution >= 0.6 is 0 Å². The zero-order valence-electron chi connectivity index (χ0n) is 23.0. The highest BCUT2D eigenvalue weighted by Crippen LogP contribution is 2.44. The number of carbonyl (C=O) groups excluding carboxylic acids is 4. The highest BCUT2D eigenvalue weighted by molar-refractivity contribution is 6.00. The van der Waals surface area contributed by atoms with Gasteiger partial charge in [-0.25, -0.2) is 0 Å². The minimum atomic E-state index is -0.859. The van der Waals surface area contributed by atoms with Gasteiger partial charge in [-0.2, -0.15) is 0 Å². The van der Waals surface area contributed by atoms with Crippen LogP contribution in [-0.2, 0) is 23.9 Å². The molecule has 3 aliphatic rings. The van der Waals surface area contributed by atoms with Crippen LogP contribution in [-0.4, -0.2) is 72.8 Å². The molecule has 1 unspecified atom stereocenters. The molecule has 2 aliphatic heterocycles. The fraction of sp³-hybridized carbons (Fsp3) is 0.643. The molecule has 1 aromatic rings. The van der Waals surface area contributed by atoms with Crippen molar-refractivity contribution >= 4 is 23.7 Å². The lowest BCUT2D eigenvalue weighted by Gasteiger charge is -2.40. The second-order valence-corrected chi connectivity index (χ2v) is 11.5. The van der Waals surface area contributed by atoms with Gasteiger partial charge in [0.2, 0.25) is 18.1 Å². The van der Waals surface area contributed by atoms with Crippen molar-refractivity contribution in [1.82, 2.24) is 15.5 Å². The van der Waals surface area contributed by atoms with Crippen molar-refractivity contribution in [1.29, 1.82) is 0 Å². The molecule has 2 heterocycles. The fourth-order valence-corrected chi connectivity index (χ4v) is 5.97. The summed E-state index contributed by atoms with van der Waals surface area (Å²) >= 11 is 0. The number of nitrogens with one attached hydrogen (secondary N) is 2. The maximum Gasteiger partial charge on any atom is 0.310 e. The van der Waals surface area contributed by atoms with E-state index in [9.17, 15) is 19.2 Å². The predicted octanol–water partition coefficient (Wildman–Crippen LogP) is 2.32. The Hall–Kier alpha value is -3.14. The van der Waals surface area contributed by atoms with E-state index in [1.807, 2.05) is 20.8 Å². The van der Waals surface area contributed by atoms with Crippen LogP contribution in [0.3, 0.4) is 0 Å². The van der Waals surface area contributed by atoms with Crippen LogP contribution in [0.2, 0.25) is 0 Å². The van der Waals surface area contributed by atoms with E-state index >= 15 is 0 Å². The lowest BCUT2D eigenvalue weighted by atomic mass is 9.84. The van der Waals surface area contributed by atoms with Crippen molar-refractivity contribution in [3.05, 3.63) is 29.3 Å². The Morgan fingerprint density at radius 1 is 1.21 bits per heavy atom. The number of hydrogen-bond donors (Lipinski definition) is 2. The number of piperidine rings is 1. The van der Waals surface area contributed by atoms with Gasteiger partial charge in [0.25, 0.3) is 5.91 Å². The van der Waals surface area contributed by atoms with Gasteiger partial charge < -0.3 is 29.7 Å². The maximum atomic E-state index is 14.1. The summed E-state index contributed by atoms with van der Waals surface area (Å²) in [4.78, 5) is 54.6. The number of hydrogen-bond acceptors (Lipinski definition) is 7. The molecule has 1 aromatic carbocycles. The molecule has 2 bridgehead atoms. The molecule has 208 valence electrons. The summed E-state index contributed by atoms with van der Waals surface area (Å²) in [5.74, 6) is -0.798. The number of benzene rings is 1. The normalized spacial score (nSPS) is 27.2. The highest BCUT2D eigenvalue weighted by atomic mass is 16.7. The average molecular weight is 530 g/mol. The van der Waals surface area contributed by atoms with Crippen molar-refractivity contribution in [2.75, 3.05) is 13.7 Å². The molecule has 0 radical (unpaired) electrons. The third kappa shape index (κ3) is 5.36. The highest BCUT2D eigenvalue weighted by Gasteiger charge is 2.54. The van der Waals surface area contributed by atoms with Gasteiger partial charge in [-0.05, 0) is 56.6 Å². The van der Waals surface area contributed by atoms with Crippen molar-refractivity contribution in [2.45, 2.75) is 90.8 Å². The molecule has 2 saturated heterocycles. The van der Waals surface area contributed by atoms with Crippen LogP contribution in [0.1, 0.15) is 69.3 Å². The van der Waals surface area contributed by atoms with E-state index in [1.165, 1.54) is 0 Å². The topological polar surface area (TPSA) is 123 Å². The number of methoxy groups -OCH3 is 1. The third-order valence-electron chi connectivity index (χ3n) is 7.87. The van der Waals surface area contributed by atoms with Gasteiger partial charge in [-0.3, -0.25) is 19.2 Å². The van der Waals surface area contributed by atoms with E-state index in [0.29, 0.717) is 23.5 Å². The third-order valence-corrected chi connectivity index (χ3v) is 7.87. The molecule has 4 rings (SSSR count). The largest absolute Gasteiger partial charge is 0.496 e. The number of nitrogens with zero attached hydrogens (tertiary/aromatic N) is 1. The van der Waals surface area contributed by atoms with Crippen molar-refractivity contribution in [2.24, 2.45) is 11.3 Å². The molecular weight excluding hydrogens is 490 g/mol. The fourth-order valence-electron chi connectivity index (χ4n) is 5.97. The number of rotatable bonds is 8. The first-order valence-electron chi connectivity index (χ1n) is 13.3. The van der Waals surface area contributed by atoms with E-state index in [2.05, 4.69) is 10.6 Å². The first kappa shape index (κ1) is 27.9. The van der Waals surface area contributed by atoms with Crippen molar-refractivity contribution < 1.29 is 33.4 Å². The standard InChI is InChI=1S/C28H39N3O7/c1-7-37-27-19(14-21(32)38-27)29-25(34)22-16-11-12-17(13-16)31(22)26(35)23(28(3,4)5)30-24(33)18-9-8-10-20(36-6)15(18)2/h8-10,16-17,19,22-23,27H,7,11-14H2,1-6H3,(H,29,34)(H,30,33)/t16-,17-,19?,22-,23+,27-/m0/s1. The van der Waals surface area contributed by atoms with E-state index in [1.54, 1.807) is 44.1 Å². The number of amides is 3. The first-order chi connectivity index (χ1) is 18.0. The Balaban J connectivity index is 1.56. The molecular formula is C28H39N3O7. The molecule has 10 nitrogen and oxygen atoms in total. The number of esters is 1. The molecule has 10 heteroatoms. The number of cyclic esters (lactones) is 1. The summed E-state index contributed by atoms with van der Waals surface area (Å²) in [6.07, 6.45) is 1.57. The van der Waals surface area contributed by atoms with E-state index < -0.39 is 35.8 Å². The van der Waals surface area contributed by atoms with E-state index in [4.69, 9.17) is 14.2 Å². The molecule has 0 spiro atoms. The maximum absolute atomic E-state index is 14.1. The smallest absolute Gasteiger partial charge is 0.310 e.